The van der Waals surface area contributed by atoms with Gasteiger partial charge in [-0.1, -0.05) is 13.8 Å². The van der Waals surface area contributed by atoms with E-state index in [1.807, 2.05) is 19.9 Å². The summed E-state index contributed by atoms with van der Waals surface area (Å²) in [5.41, 5.74) is 2.69. The van der Waals surface area contributed by atoms with Crippen molar-refractivity contribution < 1.29 is 9.18 Å². The molecule has 0 radical (unpaired) electrons. The molecule has 1 N–H and O–H groups in total. The van der Waals surface area contributed by atoms with Crippen LogP contribution < -0.4 is 5.32 Å². The Morgan fingerprint density at radius 2 is 1.90 bits per heavy atom. The molecular weight excluding hydrogens is 286 g/mol. The number of hydrogen-bond donors (Lipinski definition) is 1. The largest absolute Gasteiger partial charge is 0.322 e. The fourth-order valence-corrected chi connectivity index (χ4v) is 2.00. The van der Waals surface area contributed by atoms with Crippen LogP contribution in [0, 0.1) is 12.7 Å². The second-order valence-corrected chi connectivity index (χ2v) is 6.98. The number of aromatic nitrogens is 1. The average molecular weight is 304 g/mol. The summed E-state index contributed by atoms with van der Waals surface area (Å²) in [6.07, 6.45) is 1.77. The van der Waals surface area contributed by atoms with Gasteiger partial charge in [0, 0.05) is 22.7 Å². The molecule has 2 aromatic rings. The van der Waals surface area contributed by atoms with E-state index in [2.05, 4.69) is 19.5 Å². The van der Waals surface area contributed by atoms with E-state index in [0.717, 1.165) is 5.56 Å². The van der Waals surface area contributed by atoms with Crippen molar-refractivity contribution in [2.45, 2.75) is 25.9 Å². The first-order chi connectivity index (χ1) is 9.77. The number of amides is 1. The van der Waals surface area contributed by atoms with Gasteiger partial charge in [-0.25, -0.2) is 4.39 Å². The maximum Gasteiger partial charge on any atom is 0.257 e. The first kappa shape index (κ1) is 15.6. The molecule has 110 valence electrons. The Labute approximate surface area is 126 Å². The SMILES string of the molecule is Cc1ncc(C(C)(C)P)cc1C(=O)Nc1ccc(F)cc1. The van der Waals surface area contributed by atoms with Gasteiger partial charge in [-0.3, -0.25) is 9.78 Å². The number of carbonyl (C=O) groups is 1. The monoisotopic (exact) mass is 304 g/mol. The third kappa shape index (κ3) is 3.85. The van der Waals surface area contributed by atoms with Crippen LogP contribution in [0.1, 0.15) is 35.5 Å². The molecule has 0 spiro atoms. The quantitative estimate of drug-likeness (QED) is 0.874. The molecule has 1 unspecified atom stereocenters. The summed E-state index contributed by atoms with van der Waals surface area (Å²) < 4.78 is 12.9. The van der Waals surface area contributed by atoms with E-state index in [9.17, 15) is 9.18 Å². The topological polar surface area (TPSA) is 42.0 Å². The van der Waals surface area contributed by atoms with E-state index in [0.29, 0.717) is 16.9 Å². The van der Waals surface area contributed by atoms with Crippen molar-refractivity contribution in [3.05, 3.63) is 59.2 Å². The number of rotatable bonds is 3. The molecule has 1 aromatic carbocycles. The first-order valence-electron chi connectivity index (χ1n) is 6.60. The molecule has 1 heterocycles. The molecule has 0 aliphatic heterocycles. The van der Waals surface area contributed by atoms with Gasteiger partial charge in [0.2, 0.25) is 0 Å². The van der Waals surface area contributed by atoms with Gasteiger partial charge in [0.25, 0.3) is 5.91 Å². The van der Waals surface area contributed by atoms with Gasteiger partial charge in [-0.15, -0.1) is 9.24 Å². The summed E-state index contributed by atoms with van der Waals surface area (Å²) >= 11 is 0. The van der Waals surface area contributed by atoms with Crippen LogP contribution in [0.4, 0.5) is 10.1 Å². The number of nitrogens with zero attached hydrogens (tertiary/aromatic N) is 1. The van der Waals surface area contributed by atoms with Crippen molar-refractivity contribution in [3.63, 3.8) is 0 Å². The standard InChI is InChI=1S/C16H18FN2OP/c1-10-14(8-11(9-18-10)16(2,3)21)15(20)19-13-6-4-12(17)5-7-13/h4-9H,21H2,1-3H3,(H,19,20). The summed E-state index contributed by atoms with van der Waals surface area (Å²) in [5.74, 6) is -0.583. The maximum absolute atomic E-state index is 12.9. The summed E-state index contributed by atoms with van der Waals surface area (Å²) in [5, 5.41) is 2.59. The molecule has 1 amide bonds. The minimum atomic E-state index is -0.336. The van der Waals surface area contributed by atoms with E-state index in [1.54, 1.807) is 13.1 Å². The Morgan fingerprint density at radius 1 is 1.29 bits per heavy atom. The zero-order valence-corrected chi connectivity index (χ0v) is 13.4. The molecular formula is C16H18FN2OP. The highest BCUT2D eigenvalue weighted by molar-refractivity contribution is 7.18. The van der Waals surface area contributed by atoms with Crippen molar-refractivity contribution >= 4 is 20.8 Å². The van der Waals surface area contributed by atoms with Crippen molar-refractivity contribution in [1.82, 2.24) is 4.98 Å². The lowest BCUT2D eigenvalue weighted by molar-refractivity contribution is 0.102. The molecule has 21 heavy (non-hydrogen) atoms. The van der Waals surface area contributed by atoms with Crippen molar-refractivity contribution in [2.75, 3.05) is 5.32 Å². The smallest absolute Gasteiger partial charge is 0.257 e. The summed E-state index contributed by atoms with van der Waals surface area (Å²) in [6, 6.07) is 7.51. The number of hydrogen-bond acceptors (Lipinski definition) is 2. The van der Waals surface area contributed by atoms with Crippen molar-refractivity contribution in [3.8, 4) is 0 Å². The van der Waals surface area contributed by atoms with Crippen LogP contribution in [-0.2, 0) is 5.16 Å². The van der Waals surface area contributed by atoms with Crippen LogP contribution in [0.3, 0.4) is 0 Å². The lowest BCUT2D eigenvalue weighted by atomic mass is 10.0. The fourth-order valence-electron chi connectivity index (χ4n) is 1.85. The van der Waals surface area contributed by atoms with Crippen LogP contribution >= 0.6 is 9.24 Å². The molecule has 3 nitrogen and oxygen atoms in total. The minimum Gasteiger partial charge on any atom is -0.322 e. The number of aryl methyl sites for hydroxylation is 1. The van der Waals surface area contributed by atoms with E-state index in [-0.39, 0.29) is 16.9 Å². The van der Waals surface area contributed by atoms with Gasteiger partial charge in [0.15, 0.2) is 0 Å². The second-order valence-electron chi connectivity index (χ2n) is 5.54. The Morgan fingerprint density at radius 3 is 2.48 bits per heavy atom. The molecule has 2 rings (SSSR count). The highest BCUT2D eigenvalue weighted by atomic mass is 31.0. The number of nitrogens with one attached hydrogen (secondary N) is 1. The Hall–Kier alpha value is -1.80. The molecule has 0 bridgehead atoms. The predicted octanol–water partition coefficient (Wildman–Crippen LogP) is 3.89. The van der Waals surface area contributed by atoms with Gasteiger partial charge in [-0.2, -0.15) is 0 Å². The van der Waals surface area contributed by atoms with Gasteiger partial charge in [-0.05, 0) is 42.8 Å². The lowest BCUT2D eigenvalue weighted by Gasteiger charge is -2.19. The number of carbonyl (C=O) groups excluding carboxylic acids is 1. The van der Waals surface area contributed by atoms with E-state index < -0.39 is 0 Å². The molecule has 5 heteroatoms. The summed E-state index contributed by atoms with van der Waals surface area (Å²) in [6.45, 7) is 5.86. The van der Waals surface area contributed by atoms with E-state index in [4.69, 9.17) is 0 Å². The molecule has 1 atom stereocenters. The number of anilines is 1. The van der Waals surface area contributed by atoms with Gasteiger partial charge < -0.3 is 5.32 Å². The first-order valence-corrected chi connectivity index (χ1v) is 7.18. The fraction of sp³-hybridized carbons (Fsp3) is 0.250. The Balaban J connectivity index is 2.28. The van der Waals surface area contributed by atoms with Gasteiger partial charge >= 0.3 is 0 Å². The summed E-state index contributed by atoms with van der Waals surface area (Å²) in [4.78, 5) is 16.6. The van der Waals surface area contributed by atoms with Crippen molar-refractivity contribution in [2.24, 2.45) is 0 Å². The van der Waals surface area contributed by atoms with Crippen LogP contribution in [0.5, 0.6) is 0 Å². The molecule has 0 saturated carbocycles. The molecule has 0 saturated heterocycles. The second kappa shape index (κ2) is 5.90. The summed E-state index contributed by atoms with van der Waals surface area (Å²) in [7, 11) is 2.73. The Bertz CT molecular complexity index is 663. The number of halogens is 1. The number of pyridine rings is 1. The minimum absolute atomic E-state index is 0.161. The highest BCUT2D eigenvalue weighted by Gasteiger charge is 2.18. The van der Waals surface area contributed by atoms with Crippen LogP contribution in [0.15, 0.2) is 36.5 Å². The van der Waals surface area contributed by atoms with Crippen LogP contribution in [0.2, 0.25) is 0 Å². The molecule has 1 aromatic heterocycles. The third-order valence-electron chi connectivity index (χ3n) is 3.18. The molecule has 0 aliphatic rings. The van der Waals surface area contributed by atoms with E-state index in [1.165, 1.54) is 24.3 Å². The van der Waals surface area contributed by atoms with E-state index >= 15 is 0 Å². The zero-order chi connectivity index (χ0) is 15.6. The number of benzene rings is 1. The van der Waals surface area contributed by atoms with Gasteiger partial charge in [0.1, 0.15) is 5.82 Å². The predicted molar refractivity (Wildman–Crippen MR) is 86.1 cm³/mol. The molecule has 0 aliphatic carbocycles. The maximum atomic E-state index is 12.9. The Kier molecular flexibility index (Phi) is 4.38. The van der Waals surface area contributed by atoms with Crippen molar-refractivity contribution in [1.29, 1.82) is 0 Å². The lowest BCUT2D eigenvalue weighted by Crippen LogP contribution is -2.16. The average Bonchev–Trinajstić information content (AvgIpc) is 2.40. The van der Waals surface area contributed by atoms with Crippen LogP contribution in [0.25, 0.3) is 0 Å². The highest BCUT2D eigenvalue weighted by Crippen LogP contribution is 2.30. The molecule has 0 fully saturated rings. The van der Waals surface area contributed by atoms with Gasteiger partial charge in [0.05, 0.1) is 5.56 Å². The third-order valence-corrected chi connectivity index (χ3v) is 3.51. The normalized spacial score (nSPS) is 11.3. The van der Waals surface area contributed by atoms with Crippen LogP contribution in [-0.4, -0.2) is 10.9 Å². The zero-order valence-electron chi connectivity index (χ0n) is 12.3.